The first kappa shape index (κ1) is 12.4. The van der Waals surface area contributed by atoms with Gasteiger partial charge in [0.15, 0.2) is 0 Å². The molecular formula is C9H20N2O2. The molecule has 0 radical (unpaired) electrons. The highest BCUT2D eigenvalue weighted by molar-refractivity contribution is 5.75. The van der Waals surface area contributed by atoms with Crippen molar-refractivity contribution in [1.29, 1.82) is 0 Å². The Labute approximate surface area is 79.5 Å². The van der Waals surface area contributed by atoms with Crippen molar-refractivity contribution in [2.24, 2.45) is 5.73 Å². The maximum atomic E-state index is 11.1. The zero-order valence-corrected chi connectivity index (χ0v) is 8.42. The number of hydrogen-bond donors (Lipinski definition) is 3. The predicted octanol–water partition coefficient (Wildman–Crippen LogP) is 0.000900. The Bertz CT molecular complexity index is 149. The maximum Gasteiger partial charge on any atom is 0.220 e. The number of carbonyl (C=O) groups excluding carboxylic acids is 1. The van der Waals surface area contributed by atoms with Crippen LogP contribution in [0.3, 0.4) is 0 Å². The van der Waals surface area contributed by atoms with E-state index in [0.29, 0.717) is 13.0 Å². The quantitative estimate of drug-likeness (QED) is 0.549. The summed E-state index contributed by atoms with van der Waals surface area (Å²) in [6.07, 6.45) is 1.88. The largest absolute Gasteiger partial charge is 0.392 e. The molecule has 0 aromatic heterocycles. The monoisotopic (exact) mass is 188 g/mol. The Hall–Kier alpha value is -0.610. The minimum absolute atomic E-state index is 0.0120. The van der Waals surface area contributed by atoms with Crippen LogP contribution < -0.4 is 11.1 Å². The van der Waals surface area contributed by atoms with Gasteiger partial charge in [-0.2, -0.15) is 0 Å². The molecule has 0 bridgehead atoms. The molecule has 0 saturated heterocycles. The zero-order valence-electron chi connectivity index (χ0n) is 8.42. The van der Waals surface area contributed by atoms with Gasteiger partial charge in [-0.3, -0.25) is 4.79 Å². The number of nitrogens with one attached hydrogen (secondary N) is 1. The molecule has 1 amide bonds. The van der Waals surface area contributed by atoms with Crippen LogP contribution in [0.1, 0.15) is 33.1 Å². The second kappa shape index (κ2) is 6.86. The third kappa shape index (κ3) is 6.54. The van der Waals surface area contributed by atoms with Crippen LogP contribution in [0.2, 0.25) is 0 Å². The standard InChI is InChI=1S/C9H20N2O2/c1-3-4-5-9(13)11-6-8(10)7(2)12/h7-8,12H,3-6,10H2,1-2H3,(H,11,13). The summed E-state index contributed by atoms with van der Waals surface area (Å²) in [4.78, 5) is 11.1. The van der Waals surface area contributed by atoms with Crippen molar-refractivity contribution in [3.8, 4) is 0 Å². The molecule has 4 heteroatoms. The molecule has 0 aliphatic rings. The summed E-state index contributed by atoms with van der Waals surface area (Å²) in [7, 11) is 0. The number of aliphatic hydroxyl groups excluding tert-OH is 1. The average Bonchev–Trinajstić information content (AvgIpc) is 2.10. The predicted molar refractivity (Wildman–Crippen MR) is 52.2 cm³/mol. The summed E-state index contributed by atoms with van der Waals surface area (Å²) in [6, 6.07) is -0.370. The minimum atomic E-state index is -0.577. The molecule has 0 heterocycles. The molecule has 0 aromatic carbocycles. The van der Waals surface area contributed by atoms with Crippen LogP contribution in [-0.2, 0) is 4.79 Å². The van der Waals surface area contributed by atoms with Crippen molar-refractivity contribution in [1.82, 2.24) is 5.32 Å². The minimum Gasteiger partial charge on any atom is -0.392 e. The second-order valence-electron chi connectivity index (χ2n) is 3.31. The van der Waals surface area contributed by atoms with Crippen molar-refractivity contribution >= 4 is 5.91 Å². The molecule has 0 fully saturated rings. The third-order valence-corrected chi connectivity index (χ3v) is 1.91. The van der Waals surface area contributed by atoms with E-state index < -0.39 is 6.10 Å². The van der Waals surface area contributed by atoms with Gasteiger partial charge in [-0.25, -0.2) is 0 Å². The molecule has 2 atom stereocenters. The van der Waals surface area contributed by atoms with E-state index in [2.05, 4.69) is 5.32 Å². The summed E-state index contributed by atoms with van der Waals surface area (Å²) in [6.45, 7) is 4.00. The highest BCUT2D eigenvalue weighted by atomic mass is 16.3. The van der Waals surface area contributed by atoms with Gasteiger partial charge in [-0.15, -0.1) is 0 Å². The van der Waals surface area contributed by atoms with Crippen LogP contribution in [0, 0.1) is 0 Å². The van der Waals surface area contributed by atoms with Gasteiger partial charge in [-0.1, -0.05) is 13.3 Å². The van der Waals surface area contributed by atoms with Gasteiger partial charge in [0.05, 0.1) is 6.10 Å². The molecule has 0 aromatic rings. The highest BCUT2D eigenvalue weighted by Crippen LogP contribution is 1.93. The fourth-order valence-electron chi connectivity index (χ4n) is 0.828. The van der Waals surface area contributed by atoms with Crippen LogP contribution >= 0.6 is 0 Å². The first-order chi connectivity index (χ1) is 6.07. The highest BCUT2D eigenvalue weighted by Gasteiger charge is 2.09. The normalized spacial score (nSPS) is 15.1. The second-order valence-corrected chi connectivity index (χ2v) is 3.31. The van der Waals surface area contributed by atoms with Crippen LogP contribution in [0.4, 0.5) is 0 Å². The zero-order chi connectivity index (χ0) is 10.3. The van der Waals surface area contributed by atoms with Crippen molar-refractivity contribution in [2.45, 2.75) is 45.3 Å². The molecule has 13 heavy (non-hydrogen) atoms. The maximum absolute atomic E-state index is 11.1. The van der Waals surface area contributed by atoms with Crippen molar-refractivity contribution < 1.29 is 9.90 Å². The number of rotatable bonds is 6. The molecular weight excluding hydrogens is 168 g/mol. The lowest BCUT2D eigenvalue weighted by atomic mass is 10.2. The van der Waals surface area contributed by atoms with Gasteiger partial charge in [0, 0.05) is 19.0 Å². The lowest BCUT2D eigenvalue weighted by Crippen LogP contribution is -2.43. The van der Waals surface area contributed by atoms with Gasteiger partial charge in [0.2, 0.25) is 5.91 Å². The third-order valence-electron chi connectivity index (χ3n) is 1.91. The van der Waals surface area contributed by atoms with E-state index in [1.54, 1.807) is 6.92 Å². The number of nitrogens with two attached hydrogens (primary N) is 1. The summed E-state index contributed by atoms with van der Waals surface area (Å²) in [5, 5.41) is 11.7. The van der Waals surface area contributed by atoms with E-state index in [4.69, 9.17) is 10.8 Å². The Kier molecular flexibility index (Phi) is 6.54. The molecule has 2 unspecified atom stereocenters. The van der Waals surface area contributed by atoms with E-state index >= 15 is 0 Å². The van der Waals surface area contributed by atoms with Crippen molar-refractivity contribution in [2.75, 3.05) is 6.54 Å². The fraction of sp³-hybridized carbons (Fsp3) is 0.889. The molecule has 4 nitrogen and oxygen atoms in total. The van der Waals surface area contributed by atoms with Crippen LogP contribution in [0.15, 0.2) is 0 Å². The number of carbonyl (C=O) groups is 1. The first-order valence-corrected chi connectivity index (χ1v) is 4.78. The molecule has 0 aliphatic heterocycles. The van der Waals surface area contributed by atoms with Crippen LogP contribution in [0.5, 0.6) is 0 Å². The first-order valence-electron chi connectivity index (χ1n) is 4.78. The Balaban J connectivity index is 3.46. The molecule has 0 saturated carbocycles. The van der Waals surface area contributed by atoms with Crippen molar-refractivity contribution in [3.05, 3.63) is 0 Å². The molecule has 4 N–H and O–H groups in total. The SMILES string of the molecule is CCCCC(=O)NCC(N)C(C)O. The lowest BCUT2D eigenvalue weighted by Gasteiger charge is -2.14. The van der Waals surface area contributed by atoms with Gasteiger partial charge in [-0.05, 0) is 13.3 Å². The number of amides is 1. The molecule has 0 rings (SSSR count). The summed E-state index contributed by atoms with van der Waals surface area (Å²) in [5.41, 5.74) is 5.53. The van der Waals surface area contributed by atoms with E-state index in [1.165, 1.54) is 0 Å². The van der Waals surface area contributed by atoms with Gasteiger partial charge < -0.3 is 16.2 Å². The summed E-state index contributed by atoms with van der Waals surface area (Å²) in [5.74, 6) is 0.0120. The number of aliphatic hydroxyl groups is 1. The van der Waals surface area contributed by atoms with Crippen LogP contribution in [-0.4, -0.2) is 29.7 Å². The van der Waals surface area contributed by atoms with Crippen LogP contribution in [0.25, 0.3) is 0 Å². The van der Waals surface area contributed by atoms with E-state index in [9.17, 15) is 4.79 Å². The smallest absolute Gasteiger partial charge is 0.220 e. The fourth-order valence-corrected chi connectivity index (χ4v) is 0.828. The average molecular weight is 188 g/mol. The van der Waals surface area contributed by atoms with Gasteiger partial charge in [0.1, 0.15) is 0 Å². The molecule has 0 spiro atoms. The summed E-state index contributed by atoms with van der Waals surface area (Å²) < 4.78 is 0. The topological polar surface area (TPSA) is 75.4 Å². The number of unbranched alkanes of at least 4 members (excludes halogenated alkanes) is 1. The summed E-state index contributed by atoms with van der Waals surface area (Å²) >= 11 is 0. The van der Waals surface area contributed by atoms with Gasteiger partial charge in [0.25, 0.3) is 0 Å². The van der Waals surface area contributed by atoms with Gasteiger partial charge >= 0.3 is 0 Å². The lowest BCUT2D eigenvalue weighted by molar-refractivity contribution is -0.121. The number of hydrogen-bond acceptors (Lipinski definition) is 3. The van der Waals surface area contributed by atoms with E-state index in [-0.39, 0.29) is 11.9 Å². The Morgan fingerprint density at radius 3 is 2.69 bits per heavy atom. The van der Waals surface area contributed by atoms with E-state index in [0.717, 1.165) is 12.8 Å². The Morgan fingerprint density at radius 2 is 2.23 bits per heavy atom. The van der Waals surface area contributed by atoms with E-state index in [1.807, 2.05) is 6.92 Å². The Morgan fingerprint density at radius 1 is 1.62 bits per heavy atom. The molecule has 0 aliphatic carbocycles. The molecule has 78 valence electrons. The van der Waals surface area contributed by atoms with Crippen molar-refractivity contribution in [3.63, 3.8) is 0 Å².